The lowest BCUT2D eigenvalue weighted by Gasteiger charge is -2.02. The molecular weight excluding hydrogens is 264 g/mol. The molecule has 19 heavy (non-hydrogen) atoms. The van der Waals surface area contributed by atoms with Crippen molar-refractivity contribution < 1.29 is 9.90 Å². The van der Waals surface area contributed by atoms with Gasteiger partial charge in [0.2, 0.25) is 0 Å². The first-order valence-corrected chi connectivity index (χ1v) is 6.35. The molecule has 0 unspecified atom stereocenters. The van der Waals surface area contributed by atoms with E-state index in [1.807, 2.05) is 6.07 Å². The molecule has 0 aliphatic carbocycles. The predicted molar refractivity (Wildman–Crippen MR) is 69.5 cm³/mol. The first kappa shape index (κ1) is 13.1. The molecule has 2 aromatic rings. The Morgan fingerprint density at radius 2 is 2.11 bits per heavy atom. The Hall–Kier alpha value is -2.33. The van der Waals surface area contributed by atoms with Gasteiger partial charge in [0.05, 0.1) is 17.4 Å². The third kappa shape index (κ3) is 2.92. The molecule has 0 saturated heterocycles. The van der Waals surface area contributed by atoms with Gasteiger partial charge in [-0.1, -0.05) is 11.8 Å². The summed E-state index contributed by atoms with van der Waals surface area (Å²) in [5.74, 6) is -0.315. The van der Waals surface area contributed by atoms with Crippen LogP contribution in [0.4, 0.5) is 0 Å². The molecule has 7 heteroatoms. The molecule has 0 bridgehead atoms. The van der Waals surface area contributed by atoms with E-state index in [-0.39, 0.29) is 5.75 Å². The monoisotopic (exact) mass is 274 g/mol. The first-order chi connectivity index (χ1) is 9.11. The molecule has 0 amide bonds. The summed E-state index contributed by atoms with van der Waals surface area (Å²) in [4.78, 5) is 10.5. The second-order valence-corrected chi connectivity index (χ2v) is 4.68. The van der Waals surface area contributed by atoms with E-state index in [1.54, 1.807) is 35.9 Å². The maximum absolute atomic E-state index is 10.5. The van der Waals surface area contributed by atoms with E-state index in [1.165, 1.54) is 0 Å². The fraction of sp³-hybridized carbons (Fsp3) is 0.167. The highest BCUT2D eigenvalue weighted by Crippen LogP contribution is 2.22. The average molecular weight is 274 g/mol. The number of hydrogen-bond acceptors (Lipinski definition) is 5. The molecule has 1 aromatic heterocycles. The van der Waals surface area contributed by atoms with Crippen molar-refractivity contribution >= 4 is 17.7 Å². The van der Waals surface area contributed by atoms with Crippen LogP contribution in [0.1, 0.15) is 5.56 Å². The van der Waals surface area contributed by atoms with Crippen LogP contribution in [0.25, 0.3) is 11.4 Å². The summed E-state index contributed by atoms with van der Waals surface area (Å²) in [6.07, 6.45) is 0. The number of benzene rings is 1. The smallest absolute Gasteiger partial charge is 0.313 e. The number of rotatable bonds is 4. The van der Waals surface area contributed by atoms with Gasteiger partial charge in [-0.2, -0.15) is 5.26 Å². The molecule has 2 rings (SSSR count). The van der Waals surface area contributed by atoms with Crippen molar-refractivity contribution in [2.24, 2.45) is 7.05 Å². The molecule has 1 N–H and O–H groups in total. The van der Waals surface area contributed by atoms with Gasteiger partial charge in [0, 0.05) is 12.6 Å². The van der Waals surface area contributed by atoms with Crippen molar-refractivity contribution in [1.29, 1.82) is 5.26 Å². The molecule has 1 heterocycles. The minimum absolute atomic E-state index is 0.0562. The highest BCUT2D eigenvalue weighted by molar-refractivity contribution is 7.99. The first-order valence-electron chi connectivity index (χ1n) is 5.36. The molecule has 0 atom stereocenters. The Balaban J connectivity index is 2.25. The van der Waals surface area contributed by atoms with Gasteiger partial charge in [0.1, 0.15) is 0 Å². The van der Waals surface area contributed by atoms with Gasteiger partial charge >= 0.3 is 5.97 Å². The molecule has 0 fully saturated rings. The third-order valence-electron chi connectivity index (χ3n) is 2.43. The number of nitrogens with zero attached hydrogens (tertiary/aromatic N) is 4. The molecule has 0 saturated carbocycles. The van der Waals surface area contributed by atoms with Crippen LogP contribution in [0.5, 0.6) is 0 Å². The number of carboxylic acids is 1. The molecule has 0 aliphatic heterocycles. The lowest BCUT2D eigenvalue weighted by molar-refractivity contribution is -0.133. The van der Waals surface area contributed by atoms with Gasteiger partial charge in [-0.3, -0.25) is 4.79 Å². The lowest BCUT2D eigenvalue weighted by atomic mass is 10.1. The molecule has 0 radical (unpaired) electrons. The van der Waals surface area contributed by atoms with Gasteiger partial charge in [0.15, 0.2) is 11.0 Å². The van der Waals surface area contributed by atoms with Gasteiger partial charge in [-0.05, 0) is 24.3 Å². The summed E-state index contributed by atoms with van der Waals surface area (Å²) in [7, 11) is 1.78. The maximum Gasteiger partial charge on any atom is 0.313 e. The van der Waals surface area contributed by atoms with Crippen LogP contribution in [-0.2, 0) is 11.8 Å². The highest BCUT2D eigenvalue weighted by Gasteiger charge is 2.12. The van der Waals surface area contributed by atoms with Gasteiger partial charge in [-0.15, -0.1) is 10.2 Å². The van der Waals surface area contributed by atoms with E-state index in [0.717, 1.165) is 17.3 Å². The van der Waals surface area contributed by atoms with E-state index < -0.39 is 5.97 Å². The molecule has 96 valence electrons. The van der Waals surface area contributed by atoms with E-state index in [9.17, 15) is 4.79 Å². The number of carbonyl (C=O) groups is 1. The Labute approximate surface area is 113 Å². The zero-order valence-corrected chi connectivity index (χ0v) is 10.9. The van der Waals surface area contributed by atoms with Crippen LogP contribution in [0.3, 0.4) is 0 Å². The summed E-state index contributed by atoms with van der Waals surface area (Å²) in [6, 6.07) is 9.02. The normalized spacial score (nSPS) is 10.1. The van der Waals surface area contributed by atoms with E-state index in [0.29, 0.717) is 16.5 Å². The Morgan fingerprint density at radius 1 is 1.42 bits per heavy atom. The zero-order chi connectivity index (χ0) is 13.8. The van der Waals surface area contributed by atoms with Crippen molar-refractivity contribution in [2.75, 3.05) is 5.75 Å². The van der Waals surface area contributed by atoms with Gasteiger partial charge < -0.3 is 9.67 Å². The molecule has 0 spiro atoms. The summed E-state index contributed by atoms with van der Waals surface area (Å²) in [5, 5.41) is 25.9. The lowest BCUT2D eigenvalue weighted by Crippen LogP contribution is -2.01. The summed E-state index contributed by atoms with van der Waals surface area (Å²) in [6.45, 7) is 0. The average Bonchev–Trinajstić information content (AvgIpc) is 2.78. The highest BCUT2D eigenvalue weighted by atomic mass is 32.2. The van der Waals surface area contributed by atoms with Crippen LogP contribution < -0.4 is 0 Å². The molecular formula is C12H10N4O2S. The zero-order valence-electron chi connectivity index (χ0n) is 10.1. The number of thioether (sulfide) groups is 1. The largest absolute Gasteiger partial charge is 0.481 e. The van der Waals surface area contributed by atoms with Crippen molar-refractivity contribution in [3.05, 3.63) is 29.8 Å². The summed E-state index contributed by atoms with van der Waals surface area (Å²) in [5.41, 5.74) is 1.41. The third-order valence-corrected chi connectivity index (χ3v) is 3.44. The number of carboxylic acid groups (broad SMARTS) is 1. The predicted octanol–water partition coefficient (Wildman–Crippen LogP) is 1.53. The number of nitriles is 1. The Kier molecular flexibility index (Phi) is 3.82. The maximum atomic E-state index is 10.5. The minimum Gasteiger partial charge on any atom is -0.481 e. The van der Waals surface area contributed by atoms with Crippen LogP contribution in [0.2, 0.25) is 0 Å². The molecule has 6 nitrogen and oxygen atoms in total. The Bertz CT molecular complexity index is 643. The van der Waals surface area contributed by atoms with Crippen molar-refractivity contribution in [3.8, 4) is 17.5 Å². The second kappa shape index (κ2) is 5.54. The van der Waals surface area contributed by atoms with Crippen LogP contribution in [-0.4, -0.2) is 31.6 Å². The van der Waals surface area contributed by atoms with E-state index in [4.69, 9.17) is 10.4 Å². The summed E-state index contributed by atoms with van der Waals surface area (Å²) >= 11 is 1.12. The number of hydrogen-bond donors (Lipinski definition) is 1. The van der Waals surface area contributed by atoms with E-state index in [2.05, 4.69) is 10.2 Å². The van der Waals surface area contributed by atoms with Crippen LogP contribution in [0.15, 0.2) is 29.4 Å². The van der Waals surface area contributed by atoms with Crippen molar-refractivity contribution in [3.63, 3.8) is 0 Å². The standard InChI is InChI=1S/C12H10N4O2S/c1-16-11(9-4-2-8(6-13)3-5-9)14-15-12(16)19-7-10(17)18/h2-5H,7H2,1H3,(H,17,18). The minimum atomic E-state index is -0.895. The topological polar surface area (TPSA) is 91.8 Å². The van der Waals surface area contributed by atoms with Crippen molar-refractivity contribution in [1.82, 2.24) is 14.8 Å². The fourth-order valence-electron chi connectivity index (χ4n) is 1.51. The van der Waals surface area contributed by atoms with E-state index >= 15 is 0 Å². The quantitative estimate of drug-likeness (QED) is 0.850. The molecule has 0 aliphatic rings. The Morgan fingerprint density at radius 3 is 2.68 bits per heavy atom. The van der Waals surface area contributed by atoms with Crippen molar-refractivity contribution in [2.45, 2.75) is 5.16 Å². The number of aromatic nitrogens is 3. The number of aliphatic carboxylic acids is 1. The molecule has 1 aromatic carbocycles. The summed E-state index contributed by atoms with van der Waals surface area (Å²) < 4.78 is 1.73. The van der Waals surface area contributed by atoms with Gasteiger partial charge in [-0.25, -0.2) is 0 Å². The van der Waals surface area contributed by atoms with Crippen LogP contribution >= 0.6 is 11.8 Å². The van der Waals surface area contributed by atoms with Crippen LogP contribution in [0, 0.1) is 11.3 Å². The second-order valence-electron chi connectivity index (χ2n) is 3.74. The van der Waals surface area contributed by atoms with Gasteiger partial charge in [0.25, 0.3) is 0 Å². The fourth-order valence-corrected chi connectivity index (χ4v) is 2.14. The SMILES string of the molecule is Cn1c(SCC(=O)O)nnc1-c1ccc(C#N)cc1.